The molecule has 0 unspecified atom stereocenters. The molecule has 0 aromatic carbocycles. The van der Waals surface area contributed by atoms with Crippen molar-refractivity contribution in [2.75, 3.05) is 33.9 Å². The molecule has 1 aliphatic heterocycles. The third-order valence-corrected chi connectivity index (χ3v) is 10.7. The lowest BCUT2D eigenvalue weighted by Crippen LogP contribution is -2.69. The highest BCUT2D eigenvalue weighted by Gasteiger charge is 2.69. The second kappa shape index (κ2) is 13.2. The molecule has 13 heteroatoms. The standard InChI is InChI=1S/C30H47NO12/c1-14-15(12-19(33)41-11-10-31-4)6-7-16-20(14)22(35)24(37)26-29(16,2)9-8-18(30(26,3)28(39)40-5)43-27-25(38)23(36)21(34)17(13-32)42-27/h12,14,16-18,20-23,25-27,31-32,34-36,38H,6-11,13H2,1-5H3/b15-12+/t14-,16-,17+,18-,20-,21+,22+,23-,25+,26+,27-,29+,30-/m0/s1. The molecule has 0 aromatic heterocycles. The summed E-state index contributed by atoms with van der Waals surface area (Å²) < 4.78 is 22.1. The number of hydrogen-bond acceptors (Lipinski definition) is 13. The number of carbonyl (C=O) groups is 3. The summed E-state index contributed by atoms with van der Waals surface area (Å²) in [6.07, 6.45) is -6.84. The number of allylic oxidation sites excluding steroid dienone is 1. The van der Waals surface area contributed by atoms with Crippen LogP contribution in [0, 0.1) is 34.5 Å². The van der Waals surface area contributed by atoms with Crippen molar-refractivity contribution in [1.82, 2.24) is 5.32 Å². The number of carbonyl (C=O) groups excluding carboxylic acids is 3. The summed E-state index contributed by atoms with van der Waals surface area (Å²) in [5.74, 6) is -3.69. The van der Waals surface area contributed by atoms with Gasteiger partial charge in [-0.2, -0.15) is 0 Å². The molecule has 0 radical (unpaired) electrons. The Bertz CT molecular complexity index is 1080. The number of Topliss-reactive ketones (excluding diaryl/α,β-unsaturated/α-hetero) is 1. The van der Waals surface area contributed by atoms with Gasteiger partial charge in [-0.3, -0.25) is 9.59 Å². The fraction of sp³-hybridized carbons (Fsp3) is 0.833. The fourth-order valence-electron chi connectivity index (χ4n) is 8.41. The Morgan fingerprint density at radius 2 is 1.81 bits per heavy atom. The molecule has 1 saturated heterocycles. The molecular weight excluding hydrogens is 566 g/mol. The quantitative estimate of drug-likeness (QED) is 0.0849. The smallest absolute Gasteiger partial charge is 0.330 e. The van der Waals surface area contributed by atoms with Gasteiger partial charge in [0.05, 0.1) is 19.8 Å². The molecule has 0 spiro atoms. The monoisotopic (exact) mass is 613 g/mol. The largest absolute Gasteiger partial charge is 0.469 e. The summed E-state index contributed by atoms with van der Waals surface area (Å²) >= 11 is 0. The summed E-state index contributed by atoms with van der Waals surface area (Å²) in [5.41, 5.74) is -1.55. The zero-order valence-electron chi connectivity index (χ0n) is 25.5. The van der Waals surface area contributed by atoms with Crippen LogP contribution in [0.2, 0.25) is 0 Å². The lowest BCUT2D eigenvalue weighted by molar-refractivity contribution is -0.327. The van der Waals surface area contributed by atoms with E-state index in [4.69, 9.17) is 18.9 Å². The number of ketones is 1. The highest BCUT2D eigenvalue weighted by Crippen LogP contribution is 2.64. The van der Waals surface area contributed by atoms with Crippen molar-refractivity contribution >= 4 is 17.7 Å². The first-order valence-electron chi connectivity index (χ1n) is 15.1. The van der Waals surface area contributed by atoms with Crippen molar-refractivity contribution in [3.63, 3.8) is 0 Å². The van der Waals surface area contributed by atoms with Crippen LogP contribution in [-0.4, -0.2) is 120 Å². The SMILES string of the molecule is CNCCOC(=O)/C=C1\CC[C@H]2[C@@H]([C@@H](O)C(=O)[C@@H]3[C@]2(C)CC[C@H](O[C@@H]2O[C@H](CO)[C@@H](O)[C@H](O)[C@H]2O)[C@]3(C)C(=O)OC)[C@H]1C. The van der Waals surface area contributed by atoms with E-state index in [-0.39, 0.29) is 24.9 Å². The number of rotatable bonds is 8. The predicted molar refractivity (Wildman–Crippen MR) is 149 cm³/mol. The molecule has 4 fully saturated rings. The van der Waals surface area contributed by atoms with E-state index >= 15 is 0 Å². The number of esters is 2. The minimum absolute atomic E-state index is 0.171. The average Bonchev–Trinajstić information content (AvgIpc) is 2.98. The molecule has 13 atom stereocenters. The van der Waals surface area contributed by atoms with Crippen molar-refractivity contribution in [2.24, 2.45) is 34.5 Å². The van der Waals surface area contributed by atoms with E-state index in [1.54, 1.807) is 14.0 Å². The third-order valence-electron chi connectivity index (χ3n) is 10.7. The van der Waals surface area contributed by atoms with E-state index in [0.717, 1.165) is 5.57 Å². The molecular formula is C30H47NO12. The van der Waals surface area contributed by atoms with Gasteiger partial charge in [-0.25, -0.2) is 4.79 Å². The molecule has 13 nitrogen and oxygen atoms in total. The van der Waals surface area contributed by atoms with Crippen LogP contribution in [-0.2, 0) is 33.3 Å². The molecule has 3 aliphatic carbocycles. The molecule has 43 heavy (non-hydrogen) atoms. The number of hydrogen-bond donors (Lipinski definition) is 6. The number of fused-ring (bicyclic) bond motifs is 3. The van der Waals surface area contributed by atoms with Crippen LogP contribution in [0.25, 0.3) is 0 Å². The first-order valence-corrected chi connectivity index (χ1v) is 15.1. The van der Waals surface area contributed by atoms with Crippen molar-refractivity contribution in [2.45, 2.75) is 89.4 Å². The van der Waals surface area contributed by atoms with Crippen molar-refractivity contribution in [3.05, 3.63) is 11.6 Å². The molecule has 0 aromatic rings. The topological polar surface area (TPSA) is 201 Å². The van der Waals surface area contributed by atoms with Crippen LogP contribution in [0.1, 0.15) is 46.5 Å². The summed E-state index contributed by atoms with van der Waals surface area (Å²) in [7, 11) is 2.96. The lowest BCUT2D eigenvalue weighted by Gasteiger charge is -2.63. The number of likely N-dealkylation sites (N-methyl/N-ethyl adjacent to an activating group) is 1. The van der Waals surface area contributed by atoms with Gasteiger partial charge in [0.2, 0.25) is 0 Å². The first kappa shape index (κ1) is 33.9. The normalized spacial score (nSPS) is 45.7. The maximum atomic E-state index is 14.2. The number of nitrogens with one attached hydrogen (secondary N) is 1. The number of methoxy groups -OCH3 is 1. The number of aliphatic hydroxyl groups is 5. The zero-order valence-corrected chi connectivity index (χ0v) is 25.5. The van der Waals surface area contributed by atoms with Crippen molar-refractivity contribution in [3.8, 4) is 0 Å². The van der Waals surface area contributed by atoms with Gasteiger partial charge < -0.3 is 49.8 Å². The van der Waals surface area contributed by atoms with E-state index in [9.17, 15) is 39.9 Å². The Morgan fingerprint density at radius 1 is 1.12 bits per heavy atom. The maximum Gasteiger partial charge on any atom is 0.330 e. The van der Waals surface area contributed by atoms with Crippen LogP contribution in [0.4, 0.5) is 0 Å². The van der Waals surface area contributed by atoms with Crippen LogP contribution < -0.4 is 5.32 Å². The van der Waals surface area contributed by atoms with E-state index in [1.165, 1.54) is 13.2 Å². The average molecular weight is 614 g/mol. The molecule has 4 aliphatic rings. The minimum Gasteiger partial charge on any atom is -0.469 e. The molecule has 3 saturated carbocycles. The second-order valence-corrected chi connectivity index (χ2v) is 12.9. The van der Waals surface area contributed by atoms with Crippen molar-refractivity contribution < 1.29 is 58.9 Å². The van der Waals surface area contributed by atoms with Crippen LogP contribution in [0.3, 0.4) is 0 Å². The molecule has 4 rings (SSSR count). The Morgan fingerprint density at radius 3 is 2.44 bits per heavy atom. The zero-order chi connectivity index (χ0) is 31.9. The Hall–Kier alpha value is -1.97. The molecule has 0 bridgehead atoms. The van der Waals surface area contributed by atoms with Gasteiger partial charge >= 0.3 is 11.9 Å². The molecule has 244 valence electrons. The second-order valence-electron chi connectivity index (χ2n) is 12.9. The molecule has 0 amide bonds. The van der Waals surface area contributed by atoms with Crippen LogP contribution in [0.15, 0.2) is 11.6 Å². The summed E-state index contributed by atoms with van der Waals surface area (Å²) in [6.45, 7) is 5.50. The number of ether oxygens (including phenoxy) is 4. The van der Waals surface area contributed by atoms with Gasteiger partial charge in [0.25, 0.3) is 0 Å². The highest BCUT2D eigenvalue weighted by atomic mass is 16.7. The highest BCUT2D eigenvalue weighted by molar-refractivity contribution is 5.94. The molecule has 6 N–H and O–H groups in total. The van der Waals surface area contributed by atoms with E-state index in [0.29, 0.717) is 25.8 Å². The number of aliphatic hydroxyl groups excluding tert-OH is 5. The van der Waals surface area contributed by atoms with Crippen LogP contribution >= 0.6 is 0 Å². The third kappa shape index (κ3) is 5.79. The first-order chi connectivity index (χ1) is 20.3. The van der Waals surface area contributed by atoms with Crippen molar-refractivity contribution in [1.29, 1.82) is 0 Å². The Labute approximate surface area is 251 Å². The van der Waals surface area contributed by atoms with Gasteiger partial charge in [-0.05, 0) is 56.9 Å². The summed E-state index contributed by atoms with van der Waals surface area (Å²) in [6, 6.07) is 0. The maximum absolute atomic E-state index is 14.2. The fourth-order valence-corrected chi connectivity index (χ4v) is 8.41. The summed E-state index contributed by atoms with van der Waals surface area (Å²) in [4.78, 5) is 40.2. The van der Waals surface area contributed by atoms with Gasteiger partial charge in [0.15, 0.2) is 12.1 Å². The minimum atomic E-state index is -1.70. The predicted octanol–water partition coefficient (Wildman–Crippen LogP) is -0.938. The lowest BCUT2D eigenvalue weighted by atomic mass is 9.41. The Kier molecular flexibility index (Phi) is 10.4. The van der Waals surface area contributed by atoms with E-state index in [2.05, 4.69) is 5.32 Å². The van der Waals surface area contributed by atoms with Gasteiger partial charge in [0, 0.05) is 24.5 Å². The van der Waals surface area contributed by atoms with Gasteiger partial charge in [0.1, 0.15) is 42.5 Å². The van der Waals surface area contributed by atoms with Gasteiger partial charge in [-0.15, -0.1) is 0 Å². The van der Waals surface area contributed by atoms with E-state index < -0.39 is 89.9 Å². The van der Waals surface area contributed by atoms with Crippen LogP contribution in [0.5, 0.6) is 0 Å². The van der Waals surface area contributed by atoms with Gasteiger partial charge in [-0.1, -0.05) is 19.4 Å². The summed E-state index contributed by atoms with van der Waals surface area (Å²) in [5, 5.41) is 55.1. The van der Waals surface area contributed by atoms with E-state index in [1.807, 2.05) is 13.8 Å². The Balaban J connectivity index is 1.64. The molecule has 1 heterocycles.